The van der Waals surface area contributed by atoms with Crippen LogP contribution in [0.5, 0.6) is 0 Å². The van der Waals surface area contributed by atoms with Gasteiger partial charge in [-0.05, 0) is 33.5 Å². The fourth-order valence-corrected chi connectivity index (χ4v) is 5.34. The molecule has 3 rings (SSSR count). The monoisotopic (exact) mass is 419 g/mol. The van der Waals surface area contributed by atoms with Gasteiger partial charge in [0.2, 0.25) is 5.91 Å². The summed E-state index contributed by atoms with van der Waals surface area (Å²) in [6, 6.07) is 9.47. The van der Waals surface area contributed by atoms with Crippen LogP contribution in [0.25, 0.3) is 11.3 Å². The van der Waals surface area contributed by atoms with Crippen LogP contribution in [0.15, 0.2) is 40.9 Å². The number of aryl methyl sites for hydroxylation is 1. The minimum Gasteiger partial charge on any atom is -0.441 e. The van der Waals surface area contributed by atoms with E-state index in [1.54, 1.807) is 11.1 Å². The largest absolute Gasteiger partial charge is 0.441 e. The molecule has 2 heterocycles. The van der Waals surface area contributed by atoms with Crippen LogP contribution in [0.1, 0.15) is 25.2 Å². The summed E-state index contributed by atoms with van der Waals surface area (Å²) in [5.41, 5.74) is 0.944. The molecule has 1 unspecified atom stereocenters. The summed E-state index contributed by atoms with van der Waals surface area (Å²) in [7, 11) is 0.925. The lowest BCUT2D eigenvalue weighted by atomic mass is 10.1. The zero-order chi connectivity index (χ0) is 20.9. The lowest BCUT2D eigenvalue weighted by Gasteiger charge is -2.29. The Kier molecular flexibility index (Phi) is 7.08. The maximum absolute atomic E-state index is 12.9. The van der Waals surface area contributed by atoms with Crippen molar-refractivity contribution in [3.8, 4) is 11.3 Å². The Morgan fingerprint density at radius 1 is 1.21 bits per heavy atom. The van der Waals surface area contributed by atoms with Gasteiger partial charge in [-0.1, -0.05) is 30.3 Å². The summed E-state index contributed by atoms with van der Waals surface area (Å²) in [6.07, 6.45) is 3.66. The number of benzene rings is 1. The third kappa shape index (κ3) is 6.14. The summed E-state index contributed by atoms with van der Waals surface area (Å²) in [6.45, 7) is 1.42. The van der Waals surface area contributed by atoms with Crippen molar-refractivity contribution >= 4 is 15.7 Å². The highest BCUT2D eigenvalue weighted by molar-refractivity contribution is 7.91. The zero-order valence-electron chi connectivity index (χ0n) is 17.1. The average Bonchev–Trinajstić information content (AvgIpc) is 3.30. The lowest BCUT2D eigenvalue weighted by Crippen LogP contribution is -2.42. The molecule has 1 aromatic heterocycles. The molecule has 1 amide bonds. The third-order valence-corrected chi connectivity index (χ3v) is 6.89. The Labute approximate surface area is 172 Å². The minimum atomic E-state index is -3.04. The number of amides is 1. The fraction of sp³-hybridized carbons (Fsp3) is 0.524. The number of carbonyl (C=O) groups excluding carboxylic acids is 1. The van der Waals surface area contributed by atoms with Crippen molar-refractivity contribution in [1.29, 1.82) is 0 Å². The number of hydrogen-bond acceptors (Lipinski definition) is 6. The molecule has 1 atom stereocenters. The van der Waals surface area contributed by atoms with E-state index in [1.807, 2.05) is 44.4 Å². The number of hydrogen-bond donors (Lipinski definition) is 0. The SMILES string of the molecule is CN(C)CCCN(C(=O)CCc1ncc(-c2ccccc2)o1)C1CCS(=O)(=O)C1. The van der Waals surface area contributed by atoms with Gasteiger partial charge in [-0.3, -0.25) is 4.79 Å². The van der Waals surface area contributed by atoms with Crippen molar-refractivity contribution in [3.05, 3.63) is 42.4 Å². The molecule has 29 heavy (non-hydrogen) atoms. The van der Waals surface area contributed by atoms with E-state index in [-0.39, 0.29) is 29.9 Å². The highest BCUT2D eigenvalue weighted by Crippen LogP contribution is 2.22. The van der Waals surface area contributed by atoms with Crippen molar-refractivity contribution in [2.45, 2.75) is 31.7 Å². The summed E-state index contributed by atoms with van der Waals surface area (Å²) >= 11 is 0. The van der Waals surface area contributed by atoms with Crippen LogP contribution in [0.4, 0.5) is 0 Å². The normalized spacial score (nSPS) is 18.2. The summed E-state index contributed by atoms with van der Waals surface area (Å²) in [4.78, 5) is 21.0. The Morgan fingerprint density at radius 2 is 1.97 bits per heavy atom. The first-order valence-electron chi connectivity index (χ1n) is 9.99. The molecule has 2 aromatic rings. The summed E-state index contributed by atoms with van der Waals surface area (Å²) in [5.74, 6) is 1.39. The number of sulfone groups is 1. The average molecular weight is 420 g/mol. The molecule has 1 saturated heterocycles. The molecule has 0 aliphatic carbocycles. The lowest BCUT2D eigenvalue weighted by molar-refractivity contribution is -0.133. The van der Waals surface area contributed by atoms with Crippen LogP contribution in [-0.4, -0.2) is 73.8 Å². The van der Waals surface area contributed by atoms with E-state index in [9.17, 15) is 13.2 Å². The third-order valence-electron chi connectivity index (χ3n) is 5.14. The quantitative estimate of drug-likeness (QED) is 0.620. The van der Waals surface area contributed by atoms with Crippen molar-refractivity contribution in [2.24, 2.45) is 0 Å². The molecule has 1 aliphatic heterocycles. The number of rotatable bonds is 9. The molecule has 1 aromatic carbocycles. The zero-order valence-corrected chi connectivity index (χ0v) is 17.9. The molecule has 0 bridgehead atoms. The van der Waals surface area contributed by atoms with Gasteiger partial charge in [-0.25, -0.2) is 13.4 Å². The minimum absolute atomic E-state index is 0.0367. The van der Waals surface area contributed by atoms with Crippen LogP contribution in [0.2, 0.25) is 0 Å². The molecule has 1 fully saturated rings. The maximum Gasteiger partial charge on any atom is 0.223 e. The Balaban J connectivity index is 1.61. The first-order chi connectivity index (χ1) is 13.8. The second-order valence-electron chi connectivity index (χ2n) is 7.79. The topological polar surface area (TPSA) is 83.7 Å². The molecular formula is C21H29N3O4S. The van der Waals surface area contributed by atoms with Crippen molar-refractivity contribution < 1.29 is 17.6 Å². The standard InChI is InChI=1S/C21H29N3O4S/c1-23(2)12-6-13-24(18-11-14-29(26,27)16-18)21(25)10-9-20-22-15-19(28-20)17-7-4-3-5-8-17/h3-5,7-8,15,18H,6,9-14,16H2,1-2H3. The molecule has 0 N–H and O–H groups in total. The first kappa shape index (κ1) is 21.5. The predicted octanol–water partition coefficient (Wildman–Crippen LogP) is 2.24. The number of oxazole rings is 1. The van der Waals surface area contributed by atoms with E-state index in [0.717, 1.165) is 18.5 Å². The van der Waals surface area contributed by atoms with Crippen molar-refractivity contribution in [2.75, 3.05) is 38.7 Å². The molecule has 0 spiro atoms. The Hall–Kier alpha value is -2.19. The predicted molar refractivity (Wildman–Crippen MR) is 112 cm³/mol. The Morgan fingerprint density at radius 3 is 2.62 bits per heavy atom. The number of carbonyl (C=O) groups is 1. The molecule has 158 valence electrons. The van der Waals surface area contributed by atoms with E-state index in [1.165, 1.54) is 0 Å². The van der Waals surface area contributed by atoms with E-state index >= 15 is 0 Å². The second kappa shape index (κ2) is 9.54. The smallest absolute Gasteiger partial charge is 0.223 e. The van der Waals surface area contributed by atoms with Gasteiger partial charge >= 0.3 is 0 Å². The molecule has 1 aliphatic rings. The summed E-state index contributed by atoms with van der Waals surface area (Å²) in [5, 5.41) is 0. The van der Waals surface area contributed by atoms with Crippen LogP contribution in [0.3, 0.4) is 0 Å². The van der Waals surface area contributed by atoms with Crippen molar-refractivity contribution in [3.63, 3.8) is 0 Å². The summed E-state index contributed by atoms with van der Waals surface area (Å²) < 4.78 is 29.6. The van der Waals surface area contributed by atoms with Gasteiger partial charge in [-0.2, -0.15) is 0 Å². The van der Waals surface area contributed by atoms with Crippen LogP contribution in [0, 0.1) is 0 Å². The van der Waals surface area contributed by atoms with Gasteiger partial charge in [0.1, 0.15) is 0 Å². The molecule has 0 saturated carbocycles. The van der Waals surface area contributed by atoms with E-state index in [2.05, 4.69) is 9.88 Å². The van der Waals surface area contributed by atoms with Gasteiger partial charge in [0, 0.05) is 31.0 Å². The van der Waals surface area contributed by atoms with E-state index in [4.69, 9.17) is 4.42 Å². The van der Waals surface area contributed by atoms with Gasteiger partial charge in [-0.15, -0.1) is 0 Å². The number of aromatic nitrogens is 1. The highest BCUT2D eigenvalue weighted by atomic mass is 32.2. The first-order valence-corrected chi connectivity index (χ1v) is 11.8. The van der Waals surface area contributed by atoms with Gasteiger partial charge in [0.25, 0.3) is 0 Å². The van der Waals surface area contributed by atoms with E-state index in [0.29, 0.717) is 31.0 Å². The van der Waals surface area contributed by atoms with Gasteiger partial charge < -0.3 is 14.2 Å². The Bertz CT molecular complexity index is 909. The number of nitrogens with zero attached hydrogens (tertiary/aromatic N) is 3. The second-order valence-corrected chi connectivity index (χ2v) is 10.0. The van der Waals surface area contributed by atoms with Crippen LogP contribution >= 0.6 is 0 Å². The van der Waals surface area contributed by atoms with Crippen LogP contribution < -0.4 is 0 Å². The molecule has 8 heteroatoms. The van der Waals surface area contributed by atoms with Crippen LogP contribution in [-0.2, 0) is 21.1 Å². The van der Waals surface area contributed by atoms with Gasteiger partial charge in [0.15, 0.2) is 21.5 Å². The van der Waals surface area contributed by atoms with Gasteiger partial charge in [0.05, 0.1) is 17.7 Å². The molecular weight excluding hydrogens is 390 g/mol. The highest BCUT2D eigenvalue weighted by Gasteiger charge is 2.34. The maximum atomic E-state index is 12.9. The van der Waals surface area contributed by atoms with E-state index < -0.39 is 9.84 Å². The molecule has 0 radical (unpaired) electrons. The fourth-order valence-electron chi connectivity index (χ4n) is 3.61. The van der Waals surface area contributed by atoms with Crippen molar-refractivity contribution in [1.82, 2.24) is 14.8 Å². The molecule has 7 nitrogen and oxygen atoms in total.